The van der Waals surface area contributed by atoms with E-state index in [1.807, 2.05) is 37.4 Å². The number of hydrogen-bond acceptors (Lipinski definition) is 1. The van der Waals surface area contributed by atoms with Crippen molar-refractivity contribution in [3.63, 3.8) is 0 Å². The van der Waals surface area contributed by atoms with Crippen LogP contribution in [0, 0.1) is 0 Å². The molecule has 3 heteroatoms. The maximum atomic E-state index is 5.77. The Kier molecular flexibility index (Phi) is 10.5. The molecular formula is C23H30FeOSi. The quantitative estimate of drug-likeness (QED) is 0.289. The van der Waals surface area contributed by atoms with Crippen LogP contribution in [0.1, 0.15) is 24.0 Å². The number of rotatable bonds is 7. The van der Waals surface area contributed by atoms with Crippen LogP contribution in [0.3, 0.4) is 0 Å². The molecule has 0 aliphatic carbocycles. The SMILES string of the molecule is CO[Si](C)(C)c1ccccc1CCCC[c-]1cccc1.[Fe+2].c1cc[cH-]c1. The maximum absolute atomic E-state index is 5.77. The first kappa shape index (κ1) is 22.7. The van der Waals surface area contributed by atoms with Gasteiger partial charge >= 0.3 is 17.1 Å². The third-order valence-corrected chi connectivity index (χ3v) is 7.43. The van der Waals surface area contributed by atoms with E-state index in [4.69, 9.17) is 4.43 Å². The molecule has 3 rings (SSSR count). The van der Waals surface area contributed by atoms with Crippen molar-refractivity contribution in [1.82, 2.24) is 0 Å². The second kappa shape index (κ2) is 12.1. The van der Waals surface area contributed by atoms with Crippen molar-refractivity contribution in [2.45, 2.75) is 38.8 Å². The van der Waals surface area contributed by atoms with Gasteiger partial charge in [-0.05, 0) is 36.7 Å². The smallest absolute Gasteiger partial charge is 0.416 e. The van der Waals surface area contributed by atoms with E-state index in [2.05, 4.69) is 61.6 Å². The molecule has 0 spiro atoms. The van der Waals surface area contributed by atoms with Crippen LogP contribution in [0.15, 0.2) is 78.9 Å². The van der Waals surface area contributed by atoms with Gasteiger partial charge in [-0.1, -0.05) is 37.1 Å². The molecule has 3 aromatic rings. The molecule has 0 bridgehead atoms. The average molecular weight is 406 g/mol. The van der Waals surface area contributed by atoms with Crippen molar-refractivity contribution < 1.29 is 21.5 Å². The molecule has 0 saturated heterocycles. The number of benzene rings is 1. The molecule has 3 aromatic carbocycles. The Morgan fingerprint density at radius 3 is 2.15 bits per heavy atom. The van der Waals surface area contributed by atoms with Gasteiger partial charge in [0.2, 0.25) is 8.32 Å². The largest absolute Gasteiger partial charge is 2.00 e. The molecule has 0 unspecified atom stereocenters. The van der Waals surface area contributed by atoms with Gasteiger partial charge in [0, 0.05) is 7.11 Å². The monoisotopic (exact) mass is 406 g/mol. The summed E-state index contributed by atoms with van der Waals surface area (Å²) in [7, 11) is 0.134. The summed E-state index contributed by atoms with van der Waals surface area (Å²) in [6.45, 7) is 4.55. The van der Waals surface area contributed by atoms with Gasteiger partial charge in [-0.25, -0.2) is 24.3 Å². The van der Waals surface area contributed by atoms with Crippen LogP contribution in [-0.2, 0) is 34.3 Å². The van der Waals surface area contributed by atoms with Gasteiger partial charge in [0.15, 0.2) is 0 Å². The van der Waals surface area contributed by atoms with Gasteiger partial charge in [0.05, 0.1) is 0 Å². The molecule has 26 heavy (non-hydrogen) atoms. The molecule has 0 aliphatic heterocycles. The summed E-state index contributed by atoms with van der Waals surface area (Å²) in [5.74, 6) is 0. The van der Waals surface area contributed by atoms with Crippen LogP contribution < -0.4 is 5.19 Å². The normalized spacial score (nSPS) is 10.6. The third kappa shape index (κ3) is 7.47. The van der Waals surface area contributed by atoms with Crippen LogP contribution >= 0.6 is 0 Å². The van der Waals surface area contributed by atoms with Crippen molar-refractivity contribution in [2.24, 2.45) is 0 Å². The zero-order chi connectivity index (χ0) is 18.0. The molecule has 0 N–H and O–H groups in total. The number of unbranched alkanes of at least 4 members (excludes halogenated alkanes) is 1. The molecule has 140 valence electrons. The Hall–Kier alpha value is -1.38. The van der Waals surface area contributed by atoms with Crippen LogP contribution in [0.4, 0.5) is 0 Å². The Bertz CT molecular complexity index is 670. The zero-order valence-corrected chi connectivity index (χ0v) is 18.2. The van der Waals surface area contributed by atoms with Gasteiger partial charge in [-0.2, -0.15) is 35.9 Å². The van der Waals surface area contributed by atoms with Crippen LogP contribution in [-0.4, -0.2) is 15.4 Å². The first-order chi connectivity index (χ1) is 12.1. The molecule has 0 heterocycles. The van der Waals surface area contributed by atoms with Gasteiger partial charge in [0.1, 0.15) is 0 Å². The van der Waals surface area contributed by atoms with E-state index >= 15 is 0 Å². The van der Waals surface area contributed by atoms with Gasteiger partial charge in [-0.15, -0.1) is 0 Å². The fourth-order valence-corrected chi connectivity index (χ4v) is 4.68. The standard InChI is InChI=1S/C18H25OSi.C5H5.Fe/c1-19-20(2,3)18-15-9-8-14-17(18)13-7-6-12-16-10-4-5-11-16;1-2-4-5-3-1;/h4-5,8-11,14-15H,6-7,12-13H2,1-3H3;1-5H;/q2*-1;+2. The van der Waals surface area contributed by atoms with Gasteiger partial charge < -0.3 is 4.43 Å². The average Bonchev–Trinajstić information content (AvgIpc) is 3.35. The van der Waals surface area contributed by atoms with E-state index in [-0.39, 0.29) is 17.1 Å². The Morgan fingerprint density at radius 1 is 0.923 bits per heavy atom. The second-order valence-corrected chi connectivity index (χ2v) is 10.8. The number of hydrogen-bond donors (Lipinski definition) is 0. The second-order valence-electron chi connectivity index (χ2n) is 6.83. The molecule has 0 saturated carbocycles. The fraction of sp³-hybridized carbons (Fsp3) is 0.304. The number of aryl methyl sites for hydroxylation is 2. The van der Waals surface area contributed by atoms with Crippen molar-refractivity contribution >= 4 is 13.5 Å². The third-order valence-electron chi connectivity index (χ3n) is 4.63. The minimum atomic E-state index is -1.71. The van der Waals surface area contributed by atoms with E-state index in [1.165, 1.54) is 35.6 Å². The van der Waals surface area contributed by atoms with Crippen LogP contribution in [0.2, 0.25) is 13.1 Å². The molecule has 0 aliphatic rings. The van der Waals surface area contributed by atoms with Crippen molar-refractivity contribution in [3.8, 4) is 0 Å². The summed E-state index contributed by atoms with van der Waals surface area (Å²) in [4.78, 5) is 0. The summed E-state index contributed by atoms with van der Waals surface area (Å²) in [6.07, 6.45) is 4.86. The molecule has 0 atom stereocenters. The van der Waals surface area contributed by atoms with Gasteiger partial charge in [0.25, 0.3) is 0 Å². The molecule has 0 radical (unpaired) electrons. The van der Waals surface area contributed by atoms with Crippen molar-refractivity contribution in [1.29, 1.82) is 0 Å². The summed E-state index contributed by atoms with van der Waals surface area (Å²) in [5, 5.41) is 1.45. The van der Waals surface area contributed by atoms with Crippen LogP contribution in [0.25, 0.3) is 0 Å². The van der Waals surface area contributed by atoms with E-state index in [1.54, 1.807) is 0 Å². The summed E-state index contributed by atoms with van der Waals surface area (Å²) < 4.78 is 5.77. The maximum Gasteiger partial charge on any atom is 2.00 e. The topological polar surface area (TPSA) is 9.23 Å². The Labute approximate surface area is 170 Å². The summed E-state index contributed by atoms with van der Waals surface area (Å²) in [5.41, 5.74) is 2.94. The molecule has 0 fully saturated rings. The summed E-state index contributed by atoms with van der Waals surface area (Å²) >= 11 is 0. The first-order valence-corrected chi connectivity index (χ1v) is 12.0. The molecule has 0 aromatic heterocycles. The first-order valence-electron chi connectivity index (χ1n) is 9.14. The van der Waals surface area contributed by atoms with Gasteiger partial charge in [-0.3, -0.25) is 0 Å². The summed E-state index contributed by atoms with van der Waals surface area (Å²) in [6, 6.07) is 27.5. The Balaban J connectivity index is 0.000000486. The fourth-order valence-electron chi connectivity index (χ4n) is 2.98. The zero-order valence-electron chi connectivity index (χ0n) is 16.1. The minimum Gasteiger partial charge on any atom is -0.416 e. The minimum absolute atomic E-state index is 0. The predicted molar refractivity (Wildman–Crippen MR) is 111 cm³/mol. The van der Waals surface area contributed by atoms with Crippen LogP contribution in [0.5, 0.6) is 0 Å². The molecule has 1 nitrogen and oxygen atoms in total. The predicted octanol–water partition coefficient (Wildman–Crippen LogP) is 5.43. The van der Waals surface area contributed by atoms with E-state index in [9.17, 15) is 0 Å². The molecular weight excluding hydrogens is 376 g/mol. The Morgan fingerprint density at radius 2 is 1.58 bits per heavy atom. The van der Waals surface area contributed by atoms with Crippen molar-refractivity contribution in [2.75, 3.05) is 7.11 Å². The van der Waals surface area contributed by atoms with Crippen molar-refractivity contribution in [3.05, 3.63) is 90.0 Å². The van der Waals surface area contributed by atoms with E-state index in [0.717, 1.165) is 6.42 Å². The van der Waals surface area contributed by atoms with E-state index < -0.39 is 8.32 Å². The molecule has 0 amide bonds. The van der Waals surface area contributed by atoms with E-state index in [0.29, 0.717) is 0 Å².